The molecule has 0 aliphatic carbocycles. The Bertz CT molecular complexity index is 772. The first-order chi connectivity index (χ1) is 13.1. The van der Waals surface area contributed by atoms with E-state index in [0.29, 0.717) is 22.6 Å². The summed E-state index contributed by atoms with van der Waals surface area (Å²) in [6.07, 6.45) is 2.51. The van der Waals surface area contributed by atoms with E-state index in [1.807, 2.05) is 18.2 Å². The Kier molecular flexibility index (Phi) is 7.36. The molecule has 1 heterocycles. The summed E-state index contributed by atoms with van der Waals surface area (Å²) in [6, 6.07) is 10.5. The van der Waals surface area contributed by atoms with Gasteiger partial charge in [-0.2, -0.15) is 0 Å². The number of hydrogen-bond donors (Lipinski definition) is 1. The lowest BCUT2D eigenvalue weighted by Crippen LogP contribution is -2.37. The Morgan fingerprint density at radius 1 is 1.19 bits per heavy atom. The molecule has 6 heteroatoms. The number of nitrogens with one attached hydrogen (secondary N) is 1. The van der Waals surface area contributed by atoms with Gasteiger partial charge in [0.25, 0.3) is 0 Å². The third-order valence-corrected chi connectivity index (χ3v) is 5.61. The van der Waals surface area contributed by atoms with E-state index in [1.54, 1.807) is 6.07 Å². The minimum atomic E-state index is -0.354. The van der Waals surface area contributed by atoms with Gasteiger partial charge in [-0.05, 0) is 56.3 Å². The van der Waals surface area contributed by atoms with Gasteiger partial charge in [-0.25, -0.2) is 4.39 Å². The zero-order valence-corrected chi connectivity index (χ0v) is 17.0. The van der Waals surface area contributed by atoms with Crippen LogP contribution in [0.5, 0.6) is 5.75 Å². The van der Waals surface area contributed by atoms with Crippen LogP contribution >= 0.6 is 23.2 Å². The van der Waals surface area contributed by atoms with Gasteiger partial charge < -0.3 is 10.1 Å². The number of likely N-dealkylation sites (N-methyl/N-ethyl adjacent to an activating group) is 1. The Morgan fingerprint density at radius 3 is 2.81 bits per heavy atom. The minimum absolute atomic E-state index is 0.278. The lowest BCUT2D eigenvalue weighted by atomic mass is 10.1. The maximum Gasteiger partial charge on any atom is 0.124 e. The molecule has 3 rings (SSSR count). The quantitative estimate of drug-likeness (QED) is 0.639. The zero-order valence-electron chi connectivity index (χ0n) is 15.5. The van der Waals surface area contributed by atoms with Crippen molar-refractivity contribution in [1.29, 1.82) is 0 Å². The number of rotatable bonds is 8. The summed E-state index contributed by atoms with van der Waals surface area (Å²) < 4.78 is 19.1. The molecule has 0 aromatic heterocycles. The van der Waals surface area contributed by atoms with Crippen LogP contribution in [0.15, 0.2) is 36.4 Å². The molecule has 1 fully saturated rings. The van der Waals surface area contributed by atoms with Crippen molar-refractivity contribution in [2.24, 2.45) is 0 Å². The van der Waals surface area contributed by atoms with E-state index in [9.17, 15) is 4.39 Å². The second kappa shape index (κ2) is 9.74. The molecule has 0 radical (unpaired) electrons. The van der Waals surface area contributed by atoms with Gasteiger partial charge in [0.05, 0.1) is 5.02 Å². The third-order valence-electron chi connectivity index (χ3n) is 5.02. The summed E-state index contributed by atoms with van der Waals surface area (Å²) in [5, 5.41) is 4.58. The standard InChI is InChI=1S/C21H25Cl2FN2O/c1-2-26-9-3-4-19(26)13-25-12-16-10-17(22)6-8-21(16)27-14-15-5-7-18(24)11-20(15)23/h5-8,10-11,19,25H,2-4,9,12-14H2,1H3. The highest BCUT2D eigenvalue weighted by Crippen LogP contribution is 2.26. The zero-order chi connectivity index (χ0) is 19.2. The van der Waals surface area contributed by atoms with E-state index in [0.717, 1.165) is 30.0 Å². The van der Waals surface area contributed by atoms with Crippen LogP contribution in [0.2, 0.25) is 10.0 Å². The maximum absolute atomic E-state index is 13.2. The summed E-state index contributed by atoms with van der Waals surface area (Å²) >= 11 is 12.3. The summed E-state index contributed by atoms with van der Waals surface area (Å²) in [5.41, 5.74) is 1.75. The van der Waals surface area contributed by atoms with Crippen LogP contribution in [0.1, 0.15) is 30.9 Å². The number of nitrogens with zero attached hydrogens (tertiary/aromatic N) is 1. The van der Waals surface area contributed by atoms with Gasteiger partial charge in [0.1, 0.15) is 18.2 Å². The number of ether oxygens (including phenoxy) is 1. The molecule has 1 aliphatic heterocycles. The highest BCUT2D eigenvalue weighted by atomic mass is 35.5. The summed E-state index contributed by atoms with van der Waals surface area (Å²) in [6.45, 7) is 6.40. The molecule has 1 N–H and O–H groups in total. The fourth-order valence-corrected chi connectivity index (χ4v) is 3.95. The van der Waals surface area contributed by atoms with Crippen LogP contribution in [-0.4, -0.2) is 30.6 Å². The molecule has 1 aliphatic rings. The van der Waals surface area contributed by atoms with Crippen molar-refractivity contribution in [1.82, 2.24) is 10.2 Å². The van der Waals surface area contributed by atoms with E-state index in [1.165, 1.54) is 31.5 Å². The van der Waals surface area contributed by atoms with E-state index < -0.39 is 0 Å². The smallest absolute Gasteiger partial charge is 0.124 e. The van der Waals surface area contributed by atoms with E-state index in [4.69, 9.17) is 27.9 Å². The van der Waals surface area contributed by atoms with Gasteiger partial charge in [-0.3, -0.25) is 4.90 Å². The Hall–Kier alpha value is -1.33. The van der Waals surface area contributed by atoms with Crippen LogP contribution in [0.3, 0.4) is 0 Å². The lowest BCUT2D eigenvalue weighted by Gasteiger charge is -2.23. The summed E-state index contributed by atoms with van der Waals surface area (Å²) in [5.74, 6) is 0.402. The Labute approximate surface area is 170 Å². The fraction of sp³-hybridized carbons (Fsp3) is 0.429. The summed E-state index contributed by atoms with van der Waals surface area (Å²) in [4.78, 5) is 2.51. The molecule has 2 aromatic carbocycles. The van der Waals surface area contributed by atoms with Gasteiger partial charge in [0.15, 0.2) is 0 Å². The monoisotopic (exact) mass is 410 g/mol. The van der Waals surface area contributed by atoms with Gasteiger partial charge >= 0.3 is 0 Å². The van der Waals surface area contributed by atoms with Crippen LogP contribution in [-0.2, 0) is 13.2 Å². The Balaban J connectivity index is 1.60. The van der Waals surface area contributed by atoms with Crippen molar-refractivity contribution in [2.75, 3.05) is 19.6 Å². The number of benzene rings is 2. The largest absolute Gasteiger partial charge is 0.489 e. The predicted molar refractivity (Wildman–Crippen MR) is 109 cm³/mol. The van der Waals surface area contributed by atoms with Gasteiger partial charge in [-0.1, -0.05) is 36.2 Å². The average molecular weight is 411 g/mol. The maximum atomic E-state index is 13.2. The minimum Gasteiger partial charge on any atom is -0.489 e. The van der Waals surface area contributed by atoms with E-state index in [-0.39, 0.29) is 12.4 Å². The van der Waals surface area contributed by atoms with Crippen molar-refractivity contribution in [2.45, 2.75) is 39.0 Å². The molecule has 2 aromatic rings. The fourth-order valence-electron chi connectivity index (χ4n) is 3.54. The first-order valence-corrected chi connectivity index (χ1v) is 10.1. The van der Waals surface area contributed by atoms with Gasteiger partial charge in [0.2, 0.25) is 0 Å². The second-order valence-electron chi connectivity index (χ2n) is 6.83. The third kappa shape index (κ3) is 5.58. The van der Waals surface area contributed by atoms with Crippen LogP contribution < -0.4 is 10.1 Å². The normalized spacial score (nSPS) is 17.4. The summed E-state index contributed by atoms with van der Waals surface area (Å²) in [7, 11) is 0. The molecule has 146 valence electrons. The van der Waals surface area contributed by atoms with E-state index >= 15 is 0 Å². The molecule has 0 bridgehead atoms. The number of likely N-dealkylation sites (tertiary alicyclic amines) is 1. The SMILES string of the molecule is CCN1CCCC1CNCc1cc(Cl)ccc1OCc1ccc(F)cc1Cl. The Morgan fingerprint density at radius 2 is 2.04 bits per heavy atom. The van der Waals surface area contributed by atoms with E-state index in [2.05, 4.69) is 17.1 Å². The molecular weight excluding hydrogens is 386 g/mol. The number of halogens is 3. The van der Waals surface area contributed by atoms with Gasteiger partial charge in [0, 0.05) is 35.3 Å². The van der Waals surface area contributed by atoms with Crippen molar-refractivity contribution in [3.63, 3.8) is 0 Å². The predicted octanol–water partition coefficient (Wildman–Crippen LogP) is 5.29. The van der Waals surface area contributed by atoms with Crippen LogP contribution in [0.25, 0.3) is 0 Å². The van der Waals surface area contributed by atoms with Crippen molar-refractivity contribution >= 4 is 23.2 Å². The first-order valence-electron chi connectivity index (χ1n) is 9.36. The molecule has 0 amide bonds. The van der Waals surface area contributed by atoms with Crippen molar-refractivity contribution in [3.8, 4) is 5.75 Å². The molecule has 0 saturated carbocycles. The molecular formula is C21H25Cl2FN2O. The van der Waals surface area contributed by atoms with Gasteiger partial charge in [-0.15, -0.1) is 0 Å². The molecule has 3 nitrogen and oxygen atoms in total. The lowest BCUT2D eigenvalue weighted by molar-refractivity contribution is 0.259. The number of hydrogen-bond acceptors (Lipinski definition) is 3. The highest BCUT2D eigenvalue weighted by molar-refractivity contribution is 6.31. The molecule has 1 saturated heterocycles. The molecule has 1 unspecified atom stereocenters. The van der Waals surface area contributed by atoms with Crippen molar-refractivity contribution < 1.29 is 9.13 Å². The average Bonchev–Trinajstić information content (AvgIpc) is 3.10. The first kappa shape index (κ1) is 20.4. The molecule has 27 heavy (non-hydrogen) atoms. The van der Waals surface area contributed by atoms with Crippen LogP contribution in [0.4, 0.5) is 4.39 Å². The van der Waals surface area contributed by atoms with Crippen LogP contribution in [0, 0.1) is 5.82 Å². The molecule has 1 atom stereocenters. The highest BCUT2D eigenvalue weighted by Gasteiger charge is 2.22. The topological polar surface area (TPSA) is 24.5 Å². The van der Waals surface area contributed by atoms with Crippen molar-refractivity contribution in [3.05, 3.63) is 63.4 Å². The second-order valence-corrected chi connectivity index (χ2v) is 7.68. The molecule has 0 spiro atoms.